The van der Waals surface area contributed by atoms with E-state index in [9.17, 15) is 35.9 Å². The zero-order chi connectivity index (χ0) is 35.6. The second kappa shape index (κ2) is 15.2. The number of carbonyl (C=O) groups is 1. The van der Waals surface area contributed by atoms with Crippen molar-refractivity contribution >= 4 is 33.4 Å². The average molecular weight is 741 g/mol. The van der Waals surface area contributed by atoms with Crippen LogP contribution in [0.4, 0.5) is 23.2 Å². The van der Waals surface area contributed by atoms with Crippen molar-refractivity contribution in [1.29, 1.82) is 0 Å². The van der Waals surface area contributed by atoms with Crippen LogP contribution in [-0.2, 0) is 45.2 Å². The molecule has 1 atom stereocenters. The van der Waals surface area contributed by atoms with Crippen molar-refractivity contribution in [2.45, 2.75) is 36.7 Å². The number of aromatic nitrogens is 2. The second-order valence-corrected chi connectivity index (χ2v) is 15.7. The highest BCUT2D eigenvalue weighted by molar-refractivity contribution is 8.00. The average Bonchev–Trinajstić information content (AvgIpc) is 3.44. The van der Waals surface area contributed by atoms with Crippen LogP contribution in [-0.4, -0.2) is 127 Å². The number of para-hydroxylation sites is 1. The molecule has 1 aromatic heterocycles. The number of hydrogen-bond acceptors (Lipinski definition) is 9. The smallest absolute Gasteiger partial charge is 0.390 e. The minimum Gasteiger partial charge on any atom is -0.390 e. The van der Waals surface area contributed by atoms with Crippen LogP contribution in [0, 0.1) is 5.82 Å². The number of rotatable bonds is 10. The number of fused-ring (bicyclic) bond motifs is 1. The summed E-state index contributed by atoms with van der Waals surface area (Å²) >= 11 is 0.800. The van der Waals surface area contributed by atoms with Gasteiger partial charge in [-0.3, -0.25) is 14.4 Å². The molecule has 3 aliphatic heterocycles. The number of ether oxygens (including phenoxy) is 1. The van der Waals surface area contributed by atoms with E-state index >= 15 is 0 Å². The van der Waals surface area contributed by atoms with Crippen LogP contribution < -0.4 is 4.90 Å². The van der Waals surface area contributed by atoms with E-state index in [1.54, 1.807) is 27.8 Å². The van der Waals surface area contributed by atoms with E-state index in [1.165, 1.54) is 22.5 Å². The highest BCUT2D eigenvalue weighted by atomic mass is 32.2. The quantitative estimate of drug-likeness (QED) is 0.248. The molecule has 0 aliphatic carbocycles. The number of piperazine rings is 1. The standard InChI is InChI=1S/C33H40F4N6O5S2/c1-50(46,47)42-9-8-28-25(21-42)32(23-6-7-26(33(35,36)37)30(18-23)49-22-31(45)41-14-16-48-17-15-41)38-43(28)20-24(44)19-39-10-12-40(13-11-39)29-5-3-2-4-27(29)34/h2-7,18,24,44H,8-17,19-22H2,1H3. The first kappa shape index (κ1) is 36.6. The van der Waals surface area contributed by atoms with Gasteiger partial charge in [-0.2, -0.15) is 22.6 Å². The normalized spacial score (nSPS) is 18.7. The summed E-state index contributed by atoms with van der Waals surface area (Å²) in [4.78, 5) is 18.3. The molecule has 0 bridgehead atoms. The first-order valence-electron chi connectivity index (χ1n) is 16.4. The van der Waals surface area contributed by atoms with Crippen molar-refractivity contribution < 1.29 is 40.6 Å². The molecule has 272 valence electrons. The summed E-state index contributed by atoms with van der Waals surface area (Å²) < 4.78 is 89.9. The van der Waals surface area contributed by atoms with Gasteiger partial charge in [-0.05, 0) is 24.3 Å². The monoisotopic (exact) mass is 740 g/mol. The summed E-state index contributed by atoms with van der Waals surface area (Å²) in [5.74, 6) is -0.762. The number of aliphatic hydroxyl groups excluding tert-OH is 1. The van der Waals surface area contributed by atoms with Crippen molar-refractivity contribution in [2.75, 3.05) is 82.5 Å². The van der Waals surface area contributed by atoms with Crippen molar-refractivity contribution in [3.05, 3.63) is 65.1 Å². The van der Waals surface area contributed by atoms with E-state index in [-0.39, 0.29) is 42.0 Å². The minimum absolute atomic E-state index is 0.0172. The SMILES string of the molecule is CS(=O)(=O)N1CCc2c(c(-c3ccc(C(F)(F)F)c(SCC(=O)N4CCOCC4)c3)nn2CC(O)CN2CCN(c3ccccc3F)CC2)C1. The summed E-state index contributed by atoms with van der Waals surface area (Å²) in [7, 11) is -3.58. The maximum absolute atomic E-state index is 14.3. The fraction of sp³-hybridized carbons (Fsp3) is 0.515. The Balaban J connectivity index is 1.22. The highest BCUT2D eigenvalue weighted by Gasteiger charge is 2.36. The summed E-state index contributed by atoms with van der Waals surface area (Å²) in [6.07, 6.45) is -4.11. The third-order valence-electron chi connectivity index (χ3n) is 9.26. The number of β-amino-alcohol motifs (C(OH)–C–C–N with tert-alkyl or cyclic N) is 1. The number of hydrogen-bond donors (Lipinski definition) is 1. The number of morpholine rings is 1. The lowest BCUT2D eigenvalue weighted by Gasteiger charge is -2.37. The maximum Gasteiger partial charge on any atom is 0.417 e. The van der Waals surface area contributed by atoms with Gasteiger partial charge in [0.05, 0.1) is 54.8 Å². The number of aliphatic hydroxyl groups is 1. The predicted molar refractivity (Wildman–Crippen MR) is 181 cm³/mol. The topological polar surface area (TPSA) is 111 Å². The van der Waals surface area contributed by atoms with Gasteiger partial charge in [-0.1, -0.05) is 18.2 Å². The summed E-state index contributed by atoms with van der Waals surface area (Å²) in [6, 6.07) is 10.3. The molecule has 17 heteroatoms. The van der Waals surface area contributed by atoms with Crippen molar-refractivity contribution in [2.24, 2.45) is 0 Å². The Morgan fingerprint density at radius 2 is 1.74 bits per heavy atom. The molecule has 2 saturated heterocycles. The highest BCUT2D eigenvalue weighted by Crippen LogP contribution is 2.40. The van der Waals surface area contributed by atoms with Gasteiger partial charge in [0.25, 0.3) is 0 Å². The Morgan fingerprint density at radius 1 is 1.02 bits per heavy atom. The van der Waals surface area contributed by atoms with Gasteiger partial charge in [-0.25, -0.2) is 12.8 Å². The molecule has 4 heterocycles. The van der Waals surface area contributed by atoms with Crippen LogP contribution in [0.2, 0.25) is 0 Å². The van der Waals surface area contributed by atoms with Gasteiger partial charge in [0.15, 0.2) is 0 Å². The largest absolute Gasteiger partial charge is 0.417 e. The zero-order valence-corrected chi connectivity index (χ0v) is 29.2. The Hall–Kier alpha value is -3.22. The van der Waals surface area contributed by atoms with Gasteiger partial charge in [0.2, 0.25) is 15.9 Å². The molecule has 1 unspecified atom stereocenters. The molecule has 0 spiro atoms. The van der Waals surface area contributed by atoms with E-state index in [1.807, 2.05) is 4.90 Å². The maximum atomic E-state index is 14.3. The van der Waals surface area contributed by atoms with E-state index in [0.717, 1.165) is 24.1 Å². The molecule has 2 aromatic carbocycles. The van der Waals surface area contributed by atoms with Crippen LogP contribution in [0.1, 0.15) is 16.8 Å². The Bertz CT molecular complexity index is 1790. The molecular weight excluding hydrogens is 701 g/mol. The fourth-order valence-corrected chi connectivity index (χ4v) is 8.43. The van der Waals surface area contributed by atoms with Crippen molar-refractivity contribution in [3.8, 4) is 11.3 Å². The van der Waals surface area contributed by atoms with Crippen molar-refractivity contribution in [1.82, 2.24) is 23.9 Å². The van der Waals surface area contributed by atoms with Gasteiger partial charge in [0.1, 0.15) is 5.82 Å². The molecule has 11 nitrogen and oxygen atoms in total. The number of benzene rings is 2. The zero-order valence-electron chi connectivity index (χ0n) is 27.6. The van der Waals surface area contributed by atoms with Crippen LogP contribution in [0.25, 0.3) is 11.3 Å². The molecule has 3 aromatic rings. The van der Waals surface area contributed by atoms with Gasteiger partial charge in [0, 0.05) is 87.0 Å². The van der Waals surface area contributed by atoms with Crippen LogP contribution in [0.5, 0.6) is 0 Å². The molecule has 50 heavy (non-hydrogen) atoms. The number of amides is 1. The third-order valence-corrected chi connectivity index (χ3v) is 11.6. The molecule has 0 saturated carbocycles. The third kappa shape index (κ3) is 8.45. The minimum atomic E-state index is -4.67. The summed E-state index contributed by atoms with van der Waals surface area (Å²) in [5.41, 5.74) is 1.61. The van der Waals surface area contributed by atoms with E-state index in [0.29, 0.717) is 93.7 Å². The molecule has 6 rings (SSSR count). The lowest BCUT2D eigenvalue weighted by Crippen LogP contribution is -2.49. The first-order valence-corrected chi connectivity index (χ1v) is 19.2. The van der Waals surface area contributed by atoms with Gasteiger partial charge >= 0.3 is 6.18 Å². The fourth-order valence-electron chi connectivity index (χ4n) is 6.63. The summed E-state index contributed by atoms with van der Waals surface area (Å²) in [6.45, 7) is 4.48. The predicted octanol–water partition coefficient (Wildman–Crippen LogP) is 3.16. The number of sulfonamides is 1. The number of halogens is 4. The second-order valence-electron chi connectivity index (χ2n) is 12.7. The van der Waals surface area contributed by atoms with Crippen LogP contribution >= 0.6 is 11.8 Å². The number of nitrogens with zero attached hydrogens (tertiary/aromatic N) is 6. The van der Waals surface area contributed by atoms with Crippen molar-refractivity contribution in [3.63, 3.8) is 0 Å². The van der Waals surface area contributed by atoms with E-state index < -0.39 is 27.9 Å². The lowest BCUT2D eigenvalue weighted by molar-refractivity contribution is -0.139. The Kier molecular flexibility index (Phi) is 11.1. The lowest BCUT2D eigenvalue weighted by atomic mass is 10.0. The molecule has 0 radical (unpaired) electrons. The molecule has 1 N–H and O–H groups in total. The van der Waals surface area contributed by atoms with Gasteiger partial charge < -0.3 is 19.6 Å². The van der Waals surface area contributed by atoms with E-state index in [2.05, 4.69) is 4.90 Å². The Morgan fingerprint density at radius 3 is 2.42 bits per heavy atom. The van der Waals surface area contributed by atoms with E-state index in [4.69, 9.17) is 9.84 Å². The van der Waals surface area contributed by atoms with Gasteiger partial charge in [-0.15, -0.1) is 11.8 Å². The molecular formula is C33H40F4N6O5S2. The number of alkyl halides is 3. The number of anilines is 1. The molecule has 2 fully saturated rings. The van der Waals surface area contributed by atoms with Crippen LogP contribution in [0.15, 0.2) is 47.4 Å². The van der Waals surface area contributed by atoms with Crippen LogP contribution in [0.3, 0.4) is 0 Å². The summed E-state index contributed by atoms with van der Waals surface area (Å²) in [5, 5.41) is 16.0. The number of thioether (sulfide) groups is 1. The first-order chi connectivity index (χ1) is 23.8. The Labute approximate surface area is 292 Å². The number of carbonyl (C=O) groups excluding carboxylic acids is 1. The molecule has 3 aliphatic rings. The molecule has 1 amide bonds.